The average Bonchev–Trinajstić information content (AvgIpc) is 2.51. The van der Waals surface area contributed by atoms with Crippen LogP contribution in [0.4, 0.5) is 0 Å². The Labute approximate surface area is 77.8 Å². The van der Waals surface area contributed by atoms with Gasteiger partial charge in [-0.3, -0.25) is 4.98 Å². The predicted octanol–water partition coefficient (Wildman–Crippen LogP) is 2.87. The minimum atomic E-state index is 0.691. The molecule has 2 heterocycles. The fraction of sp³-hybridized carbons (Fsp3) is 0.400. The number of hydrogen-bond acceptors (Lipinski definition) is 3. The molecule has 0 amide bonds. The van der Waals surface area contributed by atoms with Gasteiger partial charge < -0.3 is 4.42 Å². The smallest absolute Gasteiger partial charge is 0.192 e. The third kappa shape index (κ3) is 1.86. The summed E-state index contributed by atoms with van der Waals surface area (Å²) in [5.41, 5.74) is 2.71. The summed E-state index contributed by atoms with van der Waals surface area (Å²) in [6.45, 7) is 7.79. The molecule has 2 aromatic rings. The molecule has 0 fully saturated rings. The van der Waals surface area contributed by atoms with Crippen molar-refractivity contribution >= 4 is 11.1 Å². The molecular weight excluding hydrogens is 164 g/mol. The maximum atomic E-state index is 5.35. The topological polar surface area (TPSA) is 38.9 Å². The van der Waals surface area contributed by atoms with Crippen molar-refractivity contribution in [2.24, 2.45) is 0 Å². The molecule has 3 nitrogen and oxygen atoms in total. The molecule has 0 aromatic carbocycles. The number of aryl methyl sites for hydroxylation is 2. The number of oxazole rings is 1. The van der Waals surface area contributed by atoms with Crippen molar-refractivity contribution in [3.8, 4) is 0 Å². The normalized spacial score (nSPS) is 9.54. The van der Waals surface area contributed by atoms with Crippen LogP contribution in [0, 0.1) is 13.8 Å². The molecule has 0 radical (unpaired) electrons. The fourth-order valence-electron chi connectivity index (χ4n) is 1.09. The van der Waals surface area contributed by atoms with E-state index in [4.69, 9.17) is 4.42 Å². The second-order valence-electron chi connectivity index (χ2n) is 2.54. The highest BCUT2D eigenvalue weighted by Gasteiger charge is 2.03. The van der Waals surface area contributed by atoms with Crippen LogP contribution in [0.1, 0.15) is 25.3 Å². The SMILES string of the molecule is CC.Cc1nc2cncc(C)c2o1. The molecule has 2 aromatic heterocycles. The first-order valence-corrected chi connectivity index (χ1v) is 4.45. The molecule has 13 heavy (non-hydrogen) atoms. The van der Waals surface area contributed by atoms with E-state index in [2.05, 4.69) is 9.97 Å². The Hall–Kier alpha value is -1.38. The summed E-state index contributed by atoms with van der Waals surface area (Å²) in [4.78, 5) is 8.15. The van der Waals surface area contributed by atoms with Gasteiger partial charge in [0.05, 0.1) is 6.20 Å². The van der Waals surface area contributed by atoms with E-state index in [9.17, 15) is 0 Å². The summed E-state index contributed by atoms with van der Waals surface area (Å²) >= 11 is 0. The standard InChI is InChI=1S/C8H8N2O.C2H6/c1-5-3-9-4-7-8(5)11-6(2)10-7;1-2/h3-4H,1-2H3;1-2H3. The lowest BCUT2D eigenvalue weighted by atomic mass is 10.3. The van der Waals surface area contributed by atoms with Gasteiger partial charge in [0.15, 0.2) is 11.5 Å². The molecule has 0 aliphatic heterocycles. The minimum absolute atomic E-state index is 0.691. The quantitative estimate of drug-likeness (QED) is 0.622. The Morgan fingerprint density at radius 1 is 1.15 bits per heavy atom. The first-order valence-electron chi connectivity index (χ1n) is 4.45. The van der Waals surface area contributed by atoms with Gasteiger partial charge in [0.2, 0.25) is 0 Å². The lowest BCUT2D eigenvalue weighted by Crippen LogP contribution is -1.76. The molecule has 2 rings (SSSR count). The number of aromatic nitrogens is 2. The molecule has 70 valence electrons. The highest BCUT2D eigenvalue weighted by Crippen LogP contribution is 2.16. The van der Waals surface area contributed by atoms with Gasteiger partial charge >= 0.3 is 0 Å². The third-order valence-corrected chi connectivity index (χ3v) is 1.58. The second kappa shape index (κ2) is 4.03. The van der Waals surface area contributed by atoms with Crippen molar-refractivity contribution in [2.75, 3.05) is 0 Å². The summed E-state index contributed by atoms with van der Waals surface area (Å²) < 4.78 is 5.35. The van der Waals surface area contributed by atoms with Crippen LogP contribution in [0.5, 0.6) is 0 Å². The van der Waals surface area contributed by atoms with E-state index >= 15 is 0 Å². The van der Waals surface area contributed by atoms with Crippen molar-refractivity contribution in [3.05, 3.63) is 23.8 Å². The van der Waals surface area contributed by atoms with Gasteiger partial charge in [0.1, 0.15) is 5.52 Å². The van der Waals surface area contributed by atoms with E-state index in [1.807, 2.05) is 27.7 Å². The van der Waals surface area contributed by atoms with Gasteiger partial charge in [0.25, 0.3) is 0 Å². The summed E-state index contributed by atoms with van der Waals surface area (Å²) in [5, 5.41) is 0. The summed E-state index contributed by atoms with van der Waals surface area (Å²) in [5.74, 6) is 0.691. The van der Waals surface area contributed by atoms with E-state index in [1.165, 1.54) is 0 Å². The Morgan fingerprint density at radius 2 is 1.85 bits per heavy atom. The van der Waals surface area contributed by atoms with Gasteiger partial charge in [-0.2, -0.15) is 0 Å². The van der Waals surface area contributed by atoms with Crippen molar-refractivity contribution in [1.82, 2.24) is 9.97 Å². The van der Waals surface area contributed by atoms with Crippen LogP contribution >= 0.6 is 0 Å². The summed E-state index contributed by atoms with van der Waals surface area (Å²) in [6, 6.07) is 0. The maximum Gasteiger partial charge on any atom is 0.192 e. The van der Waals surface area contributed by atoms with E-state index < -0.39 is 0 Å². The lowest BCUT2D eigenvalue weighted by molar-refractivity contribution is 0.559. The summed E-state index contributed by atoms with van der Waals surface area (Å²) in [6.07, 6.45) is 3.48. The van der Waals surface area contributed by atoms with Crippen LogP contribution in [-0.4, -0.2) is 9.97 Å². The first kappa shape index (κ1) is 9.71. The predicted molar refractivity (Wildman–Crippen MR) is 52.6 cm³/mol. The van der Waals surface area contributed by atoms with Crippen molar-refractivity contribution in [3.63, 3.8) is 0 Å². The second-order valence-corrected chi connectivity index (χ2v) is 2.54. The molecule has 3 heteroatoms. The van der Waals surface area contributed by atoms with Crippen LogP contribution in [0.25, 0.3) is 11.1 Å². The Balaban J connectivity index is 0.000000396. The molecule has 0 saturated carbocycles. The van der Waals surface area contributed by atoms with E-state index in [1.54, 1.807) is 12.4 Å². The van der Waals surface area contributed by atoms with Gasteiger partial charge in [-0.15, -0.1) is 0 Å². The van der Waals surface area contributed by atoms with Crippen LogP contribution < -0.4 is 0 Å². The third-order valence-electron chi connectivity index (χ3n) is 1.58. The largest absolute Gasteiger partial charge is 0.441 e. The minimum Gasteiger partial charge on any atom is -0.441 e. The van der Waals surface area contributed by atoms with Crippen LogP contribution in [0.2, 0.25) is 0 Å². The van der Waals surface area contributed by atoms with Gasteiger partial charge in [-0.25, -0.2) is 4.98 Å². The van der Waals surface area contributed by atoms with Crippen LogP contribution in [0.15, 0.2) is 16.8 Å². The highest BCUT2D eigenvalue weighted by molar-refractivity contribution is 5.74. The Bertz CT molecular complexity index is 393. The molecule has 0 aliphatic rings. The molecular formula is C10H14N2O. The number of fused-ring (bicyclic) bond motifs is 1. The molecule has 0 saturated heterocycles. The van der Waals surface area contributed by atoms with Crippen LogP contribution in [0.3, 0.4) is 0 Å². The van der Waals surface area contributed by atoms with Crippen LogP contribution in [-0.2, 0) is 0 Å². The molecule has 0 aliphatic carbocycles. The van der Waals surface area contributed by atoms with E-state index in [0.29, 0.717) is 5.89 Å². The number of nitrogens with zero attached hydrogens (tertiary/aromatic N) is 2. The maximum absolute atomic E-state index is 5.35. The zero-order valence-corrected chi connectivity index (χ0v) is 8.46. The molecule has 0 N–H and O–H groups in total. The molecule has 0 atom stereocenters. The zero-order chi connectivity index (χ0) is 9.84. The Morgan fingerprint density at radius 3 is 2.46 bits per heavy atom. The fourth-order valence-corrected chi connectivity index (χ4v) is 1.09. The first-order chi connectivity index (χ1) is 6.27. The number of pyridine rings is 1. The van der Waals surface area contributed by atoms with Crippen molar-refractivity contribution in [1.29, 1.82) is 0 Å². The molecule has 0 spiro atoms. The zero-order valence-electron chi connectivity index (χ0n) is 8.46. The Kier molecular flexibility index (Phi) is 3.01. The molecule has 0 unspecified atom stereocenters. The molecule has 0 bridgehead atoms. The lowest BCUT2D eigenvalue weighted by Gasteiger charge is -1.88. The number of hydrogen-bond donors (Lipinski definition) is 0. The number of rotatable bonds is 0. The van der Waals surface area contributed by atoms with Gasteiger partial charge in [0, 0.05) is 18.7 Å². The van der Waals surface area contributed by atoms with E-state index in [0.717, 1.165) is 16.7 Å². The monoisotopic (exact) mass is 178 g/mol. The van der Waals surface area contributed by atoms with Gasteiger partial charge in [-0.1, -0.05) is 13.8 Å². The summed E-state index contributed by atoms with van der Waals surface area (Å²) in [7, 11) is 0. The van der Waals surface area contributed by atoms with Crippen molar-refractivity contribution < 1.29 is 4.42 Å². The average molecular weight is 178 g/mol. The van der Waals surface area contributed by atoms with E-state index in [-0.39, 0.29) is 0 Å². The van der Waals surface area contributed by atoms with Gasteiger partial charge in [-0.05, 0) is 6.92 Å². The van der Waals surface area contributed by atoms with Crippen molar-refractivity contribution in [2.45, 2.75) is 27.7 Å². The highest BCUT2D eigenvalue weighted by atomic mass is 16.3.